The lowest BCUT2D eigenvalue weighted by Gasteiger charge is -2.17. The zero-order valence-corrected chi connectivity index (χ0v) is 8.55. The minimum Gasteiger partial charge on any atom is -0.497 e. The summed E-state index contributed by atoms with van der Waals surface area (Å²) in [7, 11) is 1.61. The van der Waals surface area contributed by atoms with Crippen molar-refractivity contribution < 1.29 is 19.3 Å². The Hall–Kier alpha value is -1.10. The van der Waals surface area contributed by atoms with Gasteiger partial charge in [-0.1, -0.05) is 12.1 Å². The first-order chi connectivity index (χ1) is 7.31. The molecule has 1 aromatic carbocycles. The van der Waals surface area contributed by atoms with Crippen LogP contribution in [-0.4, -0.2) is 31.7 Å². The molecule has 0 aliphatic carbocycles. The fourth-order valence-electron chi connectivity index (χ4n) is 1.52. The largest absolute Gasteiger partial charge is 0.497 e. The number of benzene rings is 1. The molecule has 0 radical (unpaired) electrons. The lowest BCUT2D eigenvalue weighted by molar-refractivity contribution is -0.122. The second kappa shape index (κ2) is 4.61. The quantitative estimate of drug-likeness (QED) is 0.811. The molecule has 1 N–H and O–H groups in total. The first-order valence-electron chi connectivity index (χ1n) is 4.86. The van der Waals surface area contributed by atoms with E-state index in [1.54, 1.807) is 31.4 Å². The van der Waals surface area contributed by atoms with Crippen LogP contribution in [0.3, 0.4) is 0 Å². The Morgan fingerprint density at radius 3 is 2.40 bits per heavy atom. The molecule has 0 amide bonds. The molecule has 82 valence electrons. The Labute approximate surface area is 88.4 Å². The van der Waals surface area contributed by atoms with Crippen LogP contribution in [0.5, 0.6) is 5.75 Å². The third-order valence-corrected chi connectivity index (χ3v) is 2.36. The SMILES string of the molecule is COc1ccc([C@H](O)C2OCCO2)cc1. The van der Waals surface area contributed by atoms with Crippen molar-refractivity contribution in [2.45, 2.75) is 12.4 Å². The monoisotopic (exact) mass is 210 g/mol. The van der Waals surface area contributed by atoms with E-state index < -0.39 is 12.4 Å². The van der Waals surface area contributed by atoms with Gasteiger partial charge in [-0.25, -0.2) is 0 Å². The fourth-order valence-corrected chi connectivity index (χ4v) is 1.52. The zero-order valence-electron chi connectivity index (χ0n) is 8.55. The van der Waals surface area contributed by atoms with Crippen LogP contribution < -0.4 is 4.74 Å². The maximum Gasteiger partial charge on any atom is 0.187 e. The predicted molar refractivity (Wildman–Crippen MR) is 53.6 cm³/mol. The third-order valence-electron chi connectivity index (χ3n) is 2.36. The van der Waals surface area contributed by atoms with Gasteiger partial charge in [0, 0.05) is 0 Å². The maximum atomic E-state index is 9.89. The number of aliphatic hydroxyl groups excluding tert-OH is 1. The highest BCUT2D eigenvalue weighted by molar-refractivity contribution is 5.28. The van der Waals surface area contributed by atoms with Crippen molar-refractivity contribution in [3.05, 3.63) is 29.8 Å². The van der Waals surface area contributed by atoms with Gasteiger partial charge in [0.15, 0.2) is 6.29 Å². The minimum absolute atomic E-state index is 0.540. The van der Waals surface area contributed by atoms with Gasteiger partial charge < -0.3 is 19.3 Å². The number of methoxy groups -OCH3 is 1. The Balaban J connectivity index is 2.07. The summed E-state index contributed by atoms with van der Waals surface area (Å²) in [5.74, 6) is 0.763. The van der Waals surface area contributed by atoms with Crippen LogP contribution in [0.25, 0.3) is 0 Å². The predicted octanol–water partition coefficient (Wildman–Crippen LogP) is 1.10. The Morgan fingerprint density at radius 1 is 1.27 bits per heavy atom. The third kappa shape index (κ3) is 2.28. The normalized spacial score (nSPS) is 19.1. The summed E-state index contributed by atoms with van der Waals surface area (Å²) in [6.45, 7) is 1.08. The summed E-state index contributed by atoms with van der Waals surface area (Å²) in [6, 6.07) is 7.20. The van der Waals surface area contributed by atoms with Gasteiger partial charge in [0.1, 0.15) is 11.9 Å². The van der Waals surface area contributed by atoms with E-state index in [2.05, 4.69) is 0 Å². The van der Waals surface area contributed by atoms with E-state index in [-0.39, 0.29) is 0 Å². The van der Waals surface area contributed by atoms with Crippen molar-refractivity contribution in [2.24, 2.45) is 0 Å². The number of hydrogen-bond acceptors (Lipinski definition) is 4. The average Bonchev–Trinajstić information content (AvgIpc) is 2.82. The lowest BCUT2D eigenvalue weighted by atomic mass is 10.1. The summed E-state index contributed by atoms with van der Waals surface area (Å²) >= 11 is 0. The van der Waals surface area contributed by atoms with Crippen LogP contribution in [0.2, 0.25) is 0 Å². The molecular formula is C11H14O4. The van der Waals surface area contributed by atoms with E-state index in [0.29, 0.717) is 13.2 Å². The molecule has 4 heteroatoms. The molecule has 0 unspecified atom stereocenters. The van der Waals surface area contributed by atoms with Gasteiger partial charge in [-0.2, -0.15) is 0 Å². The van der Waals surface area contributed by atoms with E-state index in [9.17, 15) is 5.11 Å². The standard InChI is InChI=1S/C11H14O4/c1-13-9-4-2-8(3-5-9)10(12)11-14-6-7-15-11/h2-5,10-12H,6-7H2,1H3/t10-/m0/s1. The summed E-state index contributed by atoms with van der Waals surface area (Å²) < 4.78 is 15.5. The average molecular weight is 210 g/mol. The van der Waals surface area contributed by atoms with Gasteiger partial charge in [0.2, 0.25) is 0 Å². The van der Waals surface area contributed by atoms with Crippen molar-refractivity contribution in [1.29, 1.82) is 0 Å². The smallest absolute Gasteiger partial charge is 0.187 e. The molecule has 15 heavy (non-hydrogen) atoms. The first kappa shape index (κ1) is 10.4. The first-order valence-corrected chi connectivity index (χ1v) is 4.86. The summed E-state index contributed by atoms with van der Waals surface area (Å²) in [5.41, 5.74) is 0.766. The van der Waals surface area contributed by atoms with Crippen molar-refractivity contribution in [3.63, 3.8) is 0 Å². The molecule has 2 rings (SSSR count). The molecule has 1 heterocycles. The number of hydrogen-bond donors (Lipinski definition) is 1. The highest BCUT2D eigenvalue weighted by Gasteiger charge is 2.26. The molecule has 1 saturated heterocycles. The van der Waals surface area contributed by atoms with Crippen molar-refractivity contribution in [3.8, 4) is 5.75 Å². The molecule has 0 aromatic heterocycles. The molecular weight excluding hydrogens is 196 g/mol. The van der Waals surface area contributed by atoms with Crippen molar-refractivity contribution in [1.82, 2.24) is 0 Å². The maximum absolute atomic E-state index is 9.89. The lowest BCUT2D eigenvalue weighted by Crippen LogP contribution is -2.18. The molecule has 1 atom stereocenters. The summed E-state index contributed by atoms with van der Waals surface area (Å²) in [4.78, 5) is 0. The van der Waals surface area contributed by atoms with Crippen LogP contribution in [0.1, 0.15) is 11.7 Å². The van der Waals surface area contributed by atoms with E-state index >= 15 is 0 Å². The number of ether oxygens (including phenoxy) is 3. The molecule has 1 aromatic rings. The number of aliphatic hydroxyl groups is 1. The second-order valence-electron chi connectivity index (χ2n) is 3.33. The topological polar surface area (TPSA) is 47.9 Å². The number of rotatable bonds is 3. The zero-order chi connectivity index (χ0) is 10.7. The summed E-state index contributed by atoms with van der Waals surface area (Å²) in [6.07, 6.45) is -1.28. The van der Waals surface area contributed by atoms with E-state index in [1.165, 1.54) is 0 Å². The molecule has 0 bridgehead atoms. The highest BCUT2D eigenvalue weighted by Crippen LogP contribution is 2.24. The molecule has 1 aliphatic rings. The van der Waals surface area contributed by atoms with Crippen LogP contribution >= 0.6 is 0 Å². The van der Waals surface area contributed by atoms with E-state index in [1.807, 2.05) is 0 Å². The Bertz CT molecular complexity index is 303. The van der Waals surface area contributed by atoms with Gasteiger partial charge in [0.05, 0.1) is 20.3 Å². The molecule has 1 fully saturated rings. The summed E-state index contributed by atoms with van der Waals surface area (Å²) in [5, 5.41) is 9.89. The van der Waals surface area contributed by atoms with Gasteiger partial charge in [-0.15, -0.1) is 0 Å². The van der Waals surface area contributed by atoms with E-state index in [4.69, 9.17) is 14.2 Å². The van der Waals surface area contributed by atoms with Crippen LogP contribution in [0.4, 0.5) is 0 Å². The van der Waals surface area contributed by atoms with Crippen LogP contribution in [0.15, 0.2) is 24.3 Å². The molecule has 1 aliphatic heterocycles. The van der Waals surface area contributed by atoms with Gasteiger partial charge in [-0.05, 0) is 17.7 Å². The Morgan fingerprint density at radius 2 is 1.87 bits per heavy atom. The molecule has 0 spiro atoms. The van der Waals surface area contributed by atoms with Gasteiger partial charge in [0.25, 0.3) is 0 Å². The highest BCUT2D eigenvalue weighted by atomic mass is 16.7. The van der Waals surface area contributed by atoms with E-state index in [0.717, 1.165) is 11.3 Å². The second-order valence-corrected chi connectivity index (χ2v) is 3.33. The van der Waals surface area contributed by atoms with Crippen molar-refractivity contribution in [2.75, 3.05) is 20.3 Å². The van der Waals surface area contributed by atoms with Gasteiger partial charge in [-0.3, -0.25) is 0 Å². The van der Waals surface area contributed by atoms with Crippen LogP contribution in [-0.2, 0) is 9.47 Å². The van der Waals surface area contributed by atoms with Gasteiger partial charge >= 0.3 is 0 Å². The van der Waals surface area contributed by atoms with Crippen LogP contribution in [0, 0.1) is 0 Å². The molecule has 4 nitrogen and oxygen atoms in total. The fraction of sp³-hybridized carbons (Fsp3) is 0.455. The Kier molecular flexibility index (Phi) is 3.20. The molecule has 0 saturated carbocycles. The van der Waals surface area contributed by atoms with Crippen molar-refractivity contribution >= 4 is 0 Å². The minimum atomic E-state index is -0.738.